The fourth-order valence-corrected chi connectivity index (χ4v) is 6.53. The summed E-state index contributed by atoms with van der Waals surface area (Å²) in [4.78, 5) is 27.3. The minimum atomic E-state index is -0.712. The molecule has 0 N–H and O–H groups in total. The van der Waals surface area contributed by atoms with Gasteiger partial charge in [-0.2, -0.15) is 0 Å². The number of ketones is 1. The van der Waals surface area contributed by atoms with Gasteiger partial charge in [0.05, 0.1) is 28.3 Å². The molecule has 4 nitrogen and oxygen atoms in total. The van der Waals surface area contributed by atoms with E-state index in [9.17, 15) is 4.79 Å². The molecule has 0 amide bonds. The van der Waals surface area contributed by atoms with E-state index >= 15 is 0 Å². The number of carbonyl (C=O) groups excluding carboxylic acids is 1. The number of fused-ring (bicyclic) bond motifs is 6. The second-order valence-corrected chi connectivity index (χ2v) is 9.83. The number of nitrogens with zero attached hydrogens (tertiary/aromatic N) is 3. The van der Waals surface area contributed by atoms with Gasteiger partial charge in [-0.15, -0.1) is 0 Å². The quantitative estimate of drug-likeness (QED) is 0.302. The summed E-state index contributed by atoms with van der Waals surface area (Å²) < 4.78 is 0. The monoisotopic (exact) mass is 467 g/mol. The van der Waals surface area contributed by atoms with Crippen LogP contribution < -0.4 is 0 Å². The molecule has 1 unspecified atom stereocenters. The maximum absolute atomic E-state index is 14.5. The number of para-hydroxylation sites is 2. The van der Waals surface area contributed by atoms with Crippen molar-refractivity contribution in [1.29, 1.82) is 0 Å². The predicted molar refractivity (Wildman–Crippen MR) is 142 cm³/mol. The molecule has 5 aromatic rings. The highest BCUT2D eigenvalue weighted by Gasteiger charge is 2.62. The topological polar surface area (TPSA) is 46.1 Å². The van der Waals surface area contributed by atoms with Gasteiger partial charge < -0.3 is 0 Å². The van der Waals surface area contributed by atoms with E-state index in [1.807, 2.05) is 60.7 Å². The molecule has 1 spiro atoms. The summed E-state index contributed by atoms with van der Waals surface area (Å²) in [5, 5.41) is 0. The lowest BCUT2D eigenvalue weighted by Gasteiger charge is -2.38. The highest BCUT2D eigenvalue weighted by molar-refractivity contribution is 6.01. The Morgan fingerprint density at radius 3 is 2.14 bits per heavy atom. The van der Waals surface area contributed by atoms with Gasteiger partial charge in [0.1, 0.15) is 5.54 Å². The van der Waals surface area contributed by atoms with E-state index < -0.39 is 5.54 Å². The zero-order chi connectivity index (χ0) is 24.3. The molecule has 1 aliphatic carbocycles. The third-order valence-electron chi connectivity index (χ3n) is 8.02. The molecule has 4 heteroatoms. The molecule has 2 aliphatic rings. The lowest BCUT2D eigenvalue weighted by Crippen LogP contribution is -2.46. The Bertz CT molecular complexity index is 1620. The largest absolute Gasteiger partial charge is 0.294 e. The number of rotatable bonds is 3. The van der Waals surface area contributed by atoms with Gasteiger partial charge in [-0.05, 0) is 30.3 Å². The number of aromatic nitrogens is 2. The summed E-state index contributed by atoms with van der Waals surface area (Å²) >= 11 is 0. The first-order valence-corrected chi connectivity index (χ1v) is 12.4. The summed E-state index contributed by atoms with van der Waals surface area (Å²) in [6.45, 7) is 0.746. The van der Waals surface area contributed by atoms with Crippen LogP contribution in [0.2, 0.25) is 0 Å². The van der Waals surface area contributed by atoms with E-state index in [-0.39, 0.29) is 17.6 Å². The second-order valence-electron chi connectivity index (χ2n) is 9.83. The Kier molecular flexibility index (Phi) is 4.66. The summed E-state index contributed by atoms with van der Waals surface area (Å²) in [5.74, 6) is -0.201. The summed E-state index contributed by atoms with van der Waals surface area (Å²) in [6.07, 6.45) is 0. The van der Waals surface area contributed by atoms with E-state index in [1.165, 1.54) is 5.56 Å². The summed E-state index contributed by atoms with van der Waals surface area (Å²) in [6, 6.07) is 36.6. The molecule has 174 valence electrons. The summed E-state index contributed by atoms with van der Waals surface area (Å²) in [5.41, 5.74) is 6.88. The van der Waals surface area contributed by atoms with Gasteiger partial charge in [0.2, 0.25) is 0 Å². The molecule has 3 atom stereocenters. The van der Waals surface area contributed by atoms with Crippen LogP contribution in [0.15, 0.2) is 109 Å². The average Bonchev–Trinajstić information content (AvgIpc) is 3.40. The highest BCUT2D eigenvalue weighted by atomic mass is 16.1. The van der Waals surface area contributed by atoms with Crippen molar-refractivity contribution in [3.05, 3.63) is 132 Å². The van der Waals surface area contributed by atoms with Crippen molar-refractivity contribution in [2.45, 2.75) is 11.5 Å². The third-order valence-corrected chi connectivity index (χ3v) is 8.02. The molecule has 2 heterocycles. The van der Waals surface area contributed by atoms with Crippen molar-refractivity contribution in [1.82, 2.24) is 14.9 Å². The van der Waals surface area contributed by atoms with Crippen LogP contribution in [-0.2, 0) is 5.54 Å². The van der Waals surface area contributed by atoms with Crippen molar-refractivity contribution >= 4 is 16.8 Å². The molecule has 0 bridgehead atoms. The van der Waals surface area contributed by atoms with Crippen LogP contribution in [0, 0.1) is 5.92 Å². The van der Waals surface area contributed by atoms with Crippen LogP contribution in [0.25, 0.3) is 22.3 Å². The molecular weight excluding hydrogens is 442 g/mol. The molecule has 4 aromatic carbocycles. The van der Waals surface area contributed by atoms with Gasteiger partial charge in [0.25, 0.3) is 0 Å². The molecule has 1 aliphatic heterocycles. The summed E-state index contributed by atoms with van der Waals surface area (Å²) in [7, 11) is 2.14. The van der Waals surface area contributed by atoms with Crippen LogP contribution >= 0.6 is 0 Å². The van der Waals surface area contributed by atoms with Gasteiger partial charge in [0.15, 0.2) is 5.78 Å². The highest BCUT2D eigenvalue weighted by Crippen LogP contribution is 2.60. The standard InChI is InChI=1S/C32H25N3O/c1-35-20-24(21-12-4-2-5-13-21)28(30(36)22-14-6-3-7-15-22)32(35)25-17-9-8-16-23(25)29-31(32)34-27-19-11-10-18-26(27)33-29/h2-19,24,28H,20H2,1H3/t24-,28+,32?/m0/s1. The van der Waals surface area contributed by atoms with E-state index in [0.717, 1.165) is 45.7 Å². The Morgan fingerprint density at radius 2 is 1.39 bits per heavy atom. The first-order chi connectivity index (χ1) is 17.7. The fourth-order valence-electron chi connectivity index (χ4n) is 6.53. The van der Waals surface area contributed by atoms with E-state index in [4.69, 9.17) is 9.97 Å². The van der Waals surface area contributed by atoms with E-state index in [1.54, 1.807) is 0 Å². The van der Waals surface area contributed by atoms with E-state index in [2.05, 4.69) is 60.5 Å². The number of Topliss-reactive ketones (excluding diaryl/α,β-unsaturated/α-hetero) is 1. The molecule has 1 aromatic heterocycles. The molecule has 0 saturated carbocycles. The number of carbonyl (C=O) groups is 1. The Morgan fingerprint density at radius 1 is 0.778 bits per heavy atom. The second kappa shape index (κ2) is 7.94. The van der Waals surface area contributed by atoms with Gasteiger partial charge in [-0.3, -0.25) is 9.69 Å². The Hall–Kier alpha value is -4.15. The first-order valence-electron chi connectivity index (χ1n) is 12.4. The molecule has 7 rings (SSSR count). The zero-order valence-corrected chi connectivity index (χ0v) is 20.0. The van der Waals surface area contributed by atoms with Gasteiger partial charge in [0, 0.05) is 23.6 Å². The lowest BCUT2D eigenvalue weighted by atomic mass is 9.70. The number of hydrogen-bond acceptors (Lipinski definition) is 4. The molecule has 1 saturated heterocycles. The number of likely N-dealkylation sites (tertiary alicyclic amines) is 1. The van der Waals surface area contributed by atoms with Crippen molar-refractivity contribution in [3.8, 4) is 11.3 Å². The minimum absolute atomic E-state index is 0.0104. The normalized spacial score (nSPS) is 22.6. The van der Waals surface area contributed by atoms with Crippen molar-refractivity contribution in [2.24, 2.45) is 5.92 Å². The first kappa shape index (κ1) is 21.2. The molecule has 0 radical (unpaired) electrons. The fraction of sp³-hybridized carbons (Fsp3) is 0.156. The van der Waals surface area contributed by atoms with Gasteiger partial charge in [-0.1, -0.05) is 97.1 Å². The Labute approximate surface area is 210 Å². The molecular formula is C32H25N3O. The smallest absolute Gasteiger partial charge is 0.169 e. The molecule has 1 fully saturated rings. The van der Waals surface area contributed by atoms with Crippen LogP contribution in [0.5, 0.6) is 0 Å². The average molecular weight is 468 g/mol. The van der Waals surface area contributed by atoms with Crippen molar-refractivity contribution in [3.63, 3.8) is 0 Å². The van der Waals surface area contributed by atoms with Crippen molar-refractivity contribution < 1.29 is 4.79 Å². The maximum Gasteiger partial charge on any atom is 0.169 e. The maximum atomic E-state index is 14.5. The Balaban J connectivity index is 1.56. The third kappa shape index (κ3) is 2.82. The van der Waals surface area contributed by atoms with E-state index in [0.29, 0.717) is 0 Å². The lowest BCUT2D eigenvalue weighted by molar-refractivity contribution is 0.0807. The number of likely N-dealkylation sites (N-methyl/N-ethyl adjacent to an activating group) is 1. The number of hydrogen-bond donors (Lipinski definition) is 0. The van der Waals surface area contributed by atoms with Crippen LogP contribution in [0.4, 0.5) is 0 Å². The van der Waals surface area contributed by atoms with Crippen molar-refractivity contribution in [2.75, 3.05) is 13.6 Å². The van der Waals surface area contributed by atoms with Crippen LogP contribution in [0.3, 0.4) is 0 Å². The minimum Gasteiger partial charge on any atom is -0.294 e. The van der Waals surface area contributed by atoms with Gasteiger partial charge in [-0.25, -0.2) is 9.97 Å². The molecule has 36 heavy (non-hydrogen) atoms. The van der Waals surface area contributed by atoms with Gasteiger partial charge >= 0.3 is 0 Å². The number of benzene rings is 4. The predicted octanol–water partition coefficient (Wildman–Crippen LogP) is 6.08. The van der Waals surface area contributed by atoms with Crippen LogP contribution in [-0.4, -0.2) is 34.2 Å². The zero-order valence-electron chi connectivity index (χ0n) is 20.0. The SMILES string of the molecule is CN1C[C@@H](c2ccccc2)[C@H](C(=O)c2ccccc2)C12c1ccccc1-c1nc3ccccc3nc12. The van der Waals surface area contributed by atoms with Crippen LogP contribution in [0.1, 0.15) is 33.1 Å².